The molecule has 0 aliphatic carbocycles. The molecule has 0 saturated heterocycles. The summed E-state index contributed by atoms with van der Waals surface area (Å²) in [5.74, 6) is 0. The highest BCUT2D eigenvalue weighted by atomic mass is 15.0. The van der Waals surface area contributed by atoms with Crippen LogP contribution in [0.4, 0.5) is 0 Å². The maximum Gasteiger partial charge on any atom is 0.146 e. The molecule has 200 valence electrons. The zero-order valence-corrected chi connectivity index (χ0v) is 23.0. The summed E-state index contributed by atoms with van der Waals surface area (Å²) in [7, 11) is 0. The molecule has 5 nitrogen and oxygen atoms in total. The van der Waals surface area contributed by atoms with Gasteiger partial charge in [-0.15, -0.1) is 0 Å². The van der Waals surface area contributed by atoms with E-state index in [4.69, 9.17) is 4.98 Å². The maximum atomic E-state index is 4.79. The van der Waals surface area contributed by atoms with Gasteiger partial charge in [0.2, 0.25) is 0 Å². The van der Waals surface area contributed by atoms with Crippen LogP contribution in [0, 0.1) is 0 Å². The van der Waals surface area contributed by atoms with E-state index in [1.807, 2.05) is 18.6 Å². The first kappa shape index (κ1) is 22.7. The average Bonchev–Trinajstić information content (AvgIpc) is 3.77. The highest BCUT2D eigenvalue weighted by molar-refractivity contribution is 6.26. The molecule has 0 aliphatic heterocycles. The highest BCUT2D eigenvalue weighted by Crippen LogP contribution is 2.42. The van der Waals surface area contributed by atoms with E-state index in [0.29, 0.717) is 0 Å². The van der Waals surface area contributed by atoms with Crippen molar-refractivity contribution < 1.29 is 0 Å². The fourth-order valence-corrected chi connectivity index (χ4v) is 7.20. The van der Waals surface area contributed by atoms with Crippen LogP contribution in [0.15, 0.2) is 140 Å². The maximum absolute atomic E-state index is 4.79. The smallest absolute Gasteiger partial charge is 0.146 e. The number of rotatable bonds is 2. The summed E-state index contributed by atoms with van der Waals surface area (Å²) in [6.45, 7) is 0. The number of aromatic nitrogens is 5. The van der Waals surface area contributed by atoms with Gasteiger partial charge >= 0.3 is 0 Å². The van der Waals surface area contributed by atoms with Gasteiger partial charge < -0.3 is 9.13 Å². The van der Waals surface area contributed by atoms with Crippen LogP contribution in [0.1, 0.15) is 0 Å². The third-order valence-electron chi connectivity index (χ3n) is 8.96. The largest absolute Gasteiger partial charge is 0.309 e. The van der Waals surface area contributed by atoms with Crippen LogP contribution < -0.4 is 0 Å². The monoisotopic (exact) mass is 549 g/mol. The second kappa shape index (κ2) is 8.30. The third-order valence-corrected chi connectivity index (χ3v) is 8.96. The second-order valence-corrected chi connectivity index (χ2v) is 11.1. The molecule has 0 atom stereocenters. The van der Waals surface area contributed by atoms with Crippen molar-refractivity contribution >= 4 is 70.9 Å². The lowest BCUT2D eigenvalue weighted by atomic mass is 10.0. The van der Waals surface area contributed by atoms with Gasteiger partial charge in [-0.3, -0.25) is 9.38 Å². The number of pyridine rings is 2. The lowest BCUT2D eigenvalue weighted by molar-refractivity contribution is 1.17. The van der Waals surface area contributed by atoms with Gasteiger partial charge in [0, 0.05) is 68.5 Å². The molecule has 0 amide bonds. The summed E-state index contributed by atoms with van der Waals surface area (Å²) < 4.78 is 7.07. The van der Waals surface area contributed by atoms with Crippen LogP contribution in [-0.2, 0) is 0 Å². The molecule has 0 aliphatic rings. The number of nitrogens with zero attached hydrogens (tertiary/aromatic N) is 5. The molecule has 0 N–H and O–H groups in total. The summed E-state index contributed by atoms with van der Waals surface area (Å²) >= 11 is 0. The number of hydrogen-bond acceptors (Lipinski definition) is 2. The van der Waals surface area contributed by atoms with Crippen molar-refractivity contribution in [2.24, 2.45) is 0 Å². The van der Waals surface area contributed by atoms with Crippen LogP contribution >= 0.6 is 0 Å². The van der Waals surface area contributed by atoms with Gasteiger partial charge in [0.05, 0.1) is 27.6 Å². The molecular weight excluding hydrogens is 526 g/mol. The molecule has 0 fully saturated rings. The van der Waals surface area contributed by atoms with Crippen molar-refractivity contribution in [1.29, 1.82) is 0 Å². The molecule has 0 radical (unpaired) electrons. The van der Waals surface area contributed by atoms with Crippen molar-refractivity contribution in [3.8, 4) is 11.4 Å². The molecule has 5 heterocycles. The van der Waals surface area contributed by atoms with E-state index < -0.39 is 0 Å². The Morgan fingerprint density at radius 2 is 1.09 bits per heavy atom. The quantitative estimate of drug-likeness (QED) is 0.202. The van der Waals surface area contributed by atoms with Crippen LogP contribution in [0.5, 0.6) is 0 Å². The zero-order chi connectivity index (χ0) is 28.1. The zero-order valence-electron chi connectivity index (χ0n) is 23.0. The Kier molecular flexibility index (Phi) is 4.39. The van der Waals surface area contributed by atoms with Gasteiger partial charge in [0.15, 0.2) is 0 Å². The molecule has 10 rings (SSSR count). The van der Waals surface area contributed by atoms with Crippen LogP contribution in [0.2, 0.25) is 0 Å². The Labute approximate surface area is 245 Å². The SMILES string of the molecule is c1ccc(-n2c3ccccc3c3cc4c(cc32)c2ccc3c5ccncc5c5nccn5c3c2n4-c2ccccc2)cc1. The fourth-order valence-electron chi connectivity index (χ4n) is 7.20. The number of benzene rings is 5. The van der Waals surface area contributed by atoms with Crippen molar-refractivity contribution in [2.75, 3.05) is 0 Å². The molecule has 0 spiro atoms. The number of hydrogen-bond donors (Lipinski definition) is 0. The standard InChI is InChI=1S/C38H23N5/c1-3-9-24(10-4-1)42-33-14-8-7-13-27(33)30-21-35-31(22-34(30)42)29-16-15-28-26-17-18-39-23-32(26)38-40-19-20-41(38)36(28)37(29)43(35)25-11-5-2-6-12-25/h1-23H. The predicted molar refractivity (Wildman–Crippen MR) is 177 cm³/mol. The number of para-hydroxylation sites is 3. The van der Waals surface area contributed by atoms with E-state index in [9.17, 15) is 0 Å². The van der Waals surface area contributed by atoms with Crippen molar-refractivity contribution in [1.82, 2.24) is 23.5 Å². The van der Waals surface area contributed by atoms with Gasteiger partial charge in [-0.2, -0.15) is 0 Å². The van der Waals surface area contributed by atoms with E-state index in [1.54, 1.807) is 0 Å². The van der Waals surface area contributed by atoms with Gasteiger partial charge in [-0.25, -0.2) is 4.98 Å². The third kappa shape index (κ3) is 2.95. The first-order chi connectivity index (χ1) is 21.4. The highest BCUT2D eigenvalue weighted by Gasteiger charge is 2.22. The Bertz CT molecular complexity index is 2710. The van der Waals surface area contributed by atoms with E-state index in [1.165, 1.54) is 49.0 Å². The van der Waals surface area contributed by atoms with Crippen molar-refractivity contribution in [2.45, 2.75) is 0 Å². The van der Waals surface area contributed by atoms with Gasteiger partial charge in [0.25, 0.3) is 0 Å². The van der Waals surface area contributed by atoms with Gasteiger partial charge in [-0.1, -0.05) is 66.7 Å². The first-order valence-electron chi connectivity index (χ1n) is 14.5. The predicted octanol–water partition coefficient (Wildman–Crippen LogP) is 9.23. The van der Waals surface area contributed by atoms with Crippen molar-refractivity contribution in [3.63, 3.8) is 0 Å². The fraction of sp³-hybridized carbons (Fsp3) is 0. The Balaban J connectivity index is 1.48. The molecule has 43 heavy (non-hydrogen) atoms. The van der Waals surface area contributed by atoms with E-state index in [0.717, 1.165) is 33.3 Å². The first-order valence-corrected chi connectivity index (χ1v) is 14.5. The summed E-state index contributed by atoms with van der Waals surface area (Å²) in [6.07, 6.45) is 7.76. The summed E-state index contributed by atoms with van der Waals surface area (Å²) in [6, 6.07) is 41.6. The van der Waals surface area contributed by atoms with Crippen molar-refractivity contribution in [3.05, 3.63) is 140 Å². The minimum absolute atomic E-state index is 0.916. The van der Waals surface area contributed by atoms with Crippen LogP contribution in [-0.4, -0.2) is 23.5 Å². The molecule has 0 bridgehead atoms. The molecule has 5 aromatic carbocycles. The summed E-state index contributed by atoms with van der Waals surface area (Å²) in [5, 5.41) is 8.30. The summed E-state index contributed by atoms with van der Waals surface area (Å²) in [5.41, 5.74) is 9.10. The normalized spacial score (nSPS) is 12.2. The van der Waals surface area contributed by atoms with E-state index in [2.05, 4.69) is 140 Å². The van der Waals surface area contributed by atoms with Crippen LogP contribution in [0.25, 0.3) is 82.3 Å². The molecule has 0 saturated carbocycles. The minimum atomic E-state index is 0.916. The number of imidazole rings is 1. The summed E-state index contributed by atoms with van der Waals surface area (Å²) in [4.78, 5) is 9.22. The molecular formula is C38H23N5. The number of fused-ring (bicyclic) bond motifs is 13. The minimum Gasteiger partial charge on any atom is -0.309 e. The lowest BCUT2D eigenvalue weighted by Crippen LogP contribution is -1.98. The molecule has 5 heteroatoms. The topological polar surface area (TPSA) is 40.1 Å². The Morgan fingerprint density at radius 1 is 0.442 bits per heavy atom. The average molecular weight is 550 g/mol. The van der Waals surface area contributed by atoms with Crippen LogP contribution in [0.3, 0.4) is 0 Å². The lowest BCUT2D eigenvalue weighted by Gasteiger charge is -2.13. The second-order valence-electron chi connectivity index (χ2n) is 11.1. The van der Waals surface area contributed by atoms with E-state index >= 15 is 0 Å². The van der Waals surface area contributed by atoms with Gasteiger partial charge in [-0.05, 0) is 53.9 Å². The Hall–Kier alpha value is -5.94. The van der Waals surface area contributed by atoms with E-state index in [-0.39, 0.29) is 0 Å². The molecule has 0 unspecified atom stereocenters. The Morgan fingerprint density at radius 3 is 1.88 bits per heavy atom. The molecule has 5 aromatic heterocycles. The van der Waals surface area contributed by atoms with Gasteiger partial charge in [0.1, 0.15) is 5.65 Å². The molecule has 10 aromatic rings.